The molecule has 1 aliphatic heterocycles. The summed E-state index contributed by atoms with van der Waals surface area (Å²) in [6.45, 7) is 2.51. The minimum Gasteiger partial charge on any atom is -0.394 e. The summed E-state index contributed by atoms with van der Waals surface area (Å²) in [5.74, 6) is 0. The molecule has 0 radical (unpaired) electrons. The number of aliphatic hydroxyl groups is 3. The highest BCUT2D eigenvalue weighted by Crippen LogP contribution is 2.20. The van der Waals surface area contributed by atoms with Gasteiger partial charge in [0.25, 0.3) is 0 Å². The van der Waals surface area contributed by atoms with Gasteiger partial charge in [0.2, 0.25) is 0 Å². The molecule has 0 spiro atoms. The molecule has 3 N–H and O–H groups in total. The van der Waals surface area contributed by atoms with Crippen molar-refractivity contribution in [2.75, 3.05) is 19.8 Å². The van der Waals surface area contributed by atoms with E-state index in [1.165, 1.54) is 44.9 Å². The van der Waals surface area contributed by atoms with E-state index in [-0.39, 0.29) is 13.2 Å². The zero-order valence-corrected chi connectivity index (χ0v) is 15.1. The van der Waals surface area contributed by atoms with Crippen LogP contribution in [0.1, 0.15) is 64.7 Å². The van der Waals surface area contributed by atoms with Gasteiger partial charge >= 0.3 is 0 Å². The fraction of sp³-hybridized carbons (Fsp3) is 0.895. The van der Waals surface area contributed by atoms with Crippen LogP contribution in [0.15, 0.2) is 12.2 Å². The molecule has 0 aliphatic carbocycles. The first kappa shape index (κ1) is 21.6. The lowest BCUT2D eigenvalue weighted by atomic mass is 10.1. The highest BCUT2D eigenvalue weighted by molar-refractivity contribution is 4.88. The van der Waals surface area contributed by atoms with E-state index in [0.717, 1.165) is 12.8 Å². The summed E-state index contributed by atoms with van der Waals surface area (Å²) >= 11 is 0. The molecular formula is C19H36O5. The molecule has 0 aromatic heterocycles. The summed E-state index contributed by atoms with van der Waals surface area (Å²) in [5, 5.41) is 28.6. The van der Waals surface area contributed by atoms with Crippen molar-refractivity contribution in [3.63, 3.8) is 0 Å². The molecule has 24 heavy (non-hydrogen) atoms. The van der Waals surface area contributed by atoms with E-state index in [1.54, 1.807) is 0 Å². The Labute approximate surface area is 146 Å². The smallest absolute Gasteiger partial charge is 0.114 e. The maximum Gasteiger partial charge on any atom is 0.114 e. The Morgan fingerprint density at radius 1 is 1.04 bits per heavy atom. The monoisotopic (exact) mass is 344 g/mol. The molecule has 142 valence electrons. The zero-order valence-electron chi connectivity index (χ0n) is 15.1. The standard InChI is InChI=1S/C19H36O5/c1-2-3-4-5-6-7-8-9-10-11-12-13-23-17(14-20)19-18(22)16(21)15-24-19/h2-3,16-22H,4-15H2,1H3/b3-2+/t16-,17+,18+,19+/m0/s1. The van der Waals surface area contributed by atoms with Crippen molar-refractivity contribution in [2.45, 2.75) is 89.1 Å². The normalized spacial score (nSPS) is 25.6. The van der Waals surface area contributed by atoms with Gasteiger partial charge in [-0.1, -0.05) is 50.7 Å². The molecule has 0 bridgehead atoms. The first-order chi connectivity index (χ1) is 11.7. The van der Waals surface area contributed by atoms with Gasteiger partial charge in [0, 0.05) is 6.61 Å². The lowest BCUT2D eigenvalue weighted by Gasteiger charge is -2.24. The molecular weight excluding hydrogens is 308 g/mol. The molecule has 1 rings (SSSR count). The van der Waals surface area contributed by atoms with Crippen molar-refractivity contribution < 1.29 is 24.8 Å². The summed E-state index contributed by atoms with van der Waals surface area (Å²) < 4.78 is 10.9. The van der Waals surface area contributed by atoms with Crippen molar-refractivity contribution in [2.24, 2.45) is 0 Å². The fourth-order valence-electron chi connectivity index (χ4n) is 3.03. The number of unbranched alkanes of at least 4 members (excludes halogenated alkanes) is 8. The third-order valence-electron chi connectivity index (χ3n) is 4.57. The quantitative estimate of drug-likeness (QED) is 0.333. The van der Waals surface area contributed by atoms with Gasteiger partial charge in [-0.25, -0.2) is 0 Å². The van der Waals surface area contributed by atoms with Gasteiger partial charge in [-0.2, -0.15) is 0 Å². The van der Waals surface area contributed by atoms with Gasteiger partial charge in [-0.05, 0) is 26.2 Å². The maximum atomic E-state index is 9.78. The average molecular weight is 344 g/mol. The largest absolute Gasteiger partial charge is 0.394 e. The molecule has 0 aromatic carbocycles. The highest BCUT2D eigenvalue weighted by Gasteiger charge is 2.40. The lowest BCUT2D eigenvalue weighted by Crippen LogP contribution is -2.42. The number of hydrogen-bond donors (Lipinski definition) is 3. The predicted molar refractivity (Wildman–Crippen MR) is 94.9 cm³/mol. The summed E-state index contributed by atoms with van der Waals surface area (Å²) in [5.41, 5.74) is 0. The van der Waals surface area contributed by atoms with Crippen LogP contribution >= 0.6 is 0 Å². The van der Waals surface area contributed by atoms with Crippen LogP contribution in [-0.2, 0) is 9.47 Å². The van der Waals surface area contributed by atoms with Crippen LogP contribution in [-0.4, -0.2) is 59.6 Å². The minimum atomic E-state index is -0.977. The van der Waals surface area contributed by atoms with Crippen molar-refractivity contribution >= 4 is 0 Å². The molecule has 1 heterocycles. The van der Waals surface area contributed by atoms with E-state index in [9.17, 15) is 15.3 Å². The average Bonchev–Trinajstić information content (AvgIpc) is 2.92. The highest BCUT2D eigenvalue weighted by atomic mass is 16.6. The molecule has 1 saturated heterocycles. The zero-order chi connectivity index (χ0) is 17.6. The minimum absolute atomic E-state index is 0.0976. The van der Waals surface area contributed by atoms with Crippen LogP contribution < -0.4 is 0 Å². The van der Waals surface area contributed by atoms with Gasteiger partial charge in [-0.3, -0.25) is 0 Å². The molecule has 0 aromatic rings. The lowest BCUT2D eigenvalue weighted by molar-refractivity contribution is -0.101. The molecule has 1 fully saturated rings. The maximum absolute atomic E-state index is 9.78. The van der Waals surface area contributed by atoms with Gasteiger partial charge in [0.1, 0.15) is 24.4 Å². The summed E-state index contributed by atoms with van der Waals surface area (Å²) in [4.78, 5) is 0. The Bertz CT molecular complexity index is 321. The van der Waals surface area contributed by atoms with E-state index < -0.39 is 24.4 Å². The molecule has 5 nitrogen and oxygen atoms in total. The van der Waals surface area contributed by atoms with Crippen LogP contribution in [0.25, 0.3) is 0 Å². The Balaban J connectivity index is 1.94. The Morgan fingerprint density at radius 2 is 1.67 bits per heavy atom. The third-order valence-corrected chi connectivity index (χ3v) is 4.57. The van der Waals surface area contributed by atoms with E-state index >= 15 is 0 Å². The third kappa shape index (κ3) is 8.58. The number of allylic oxidation sites excluding steroid dienone is 2. The van der Waals surface area contributed by atoms with Crippen molar-refractivity contribution in [3.05, 3.63) is 12.2 Å². The number of aliphatic hydroxyl groups excluding tert-OH is 3. The topological polar surface area (TPSA) is 79.2 Å². The van der Waals surface area contributed by atoms with Crippen LogP contribution in [0.4, 0.5) is 0 Å². The first-order valence-corrected chi connectivity index (χ1v) is 9.52. The predicted octanol–water partition coefficient (Wildman–Crippen LogP) is 2.57. The van der Waals surface area contributed by atoms with Crippen LogP contribution in [0.3, 0.4) is 0 Å². The van der Waals surface area contributed by atoms with E-state index in [1.807, 2.05) is 0 Å². The van der Waals surface area contributed by atoms with Crippen molar-refractivity contribution in [1.29, 1.82) is 0 Å². The number of ether oxygens (including phenoxy) is 2. The fourth-order valence-corrected chi connectivity index (χ4v) is 3.03. The summed E-state index contributed by atoms with van der Waals surface area (Å²) in [6, 6.07) is 0. The van der Waals surface area contributed by atoms with Gasteiger partial charge < -0.3 is 24.8 Å². The molecule has 4 atom stereocenters. The second-order valence-corrected chi connectivity index (χ2v) is 6.63. The molecule has 5 heteroatoms. The van der Waals surface area contributed by atoms with Gasteiger partial charge in [-0.15, -0.1) is 0 Å². The van der Waals surface area contributed by atoms with Crippen LogP contribution in [0.5, 0.6) is 0 Å². The second-order valence-electron chi connectivity index (χ2n) is 6.63. The molecule has 0 amide bonds. The molecule has 0 saturated carbocycles. The Kier molecular flexibility index (Phi) is 12.4. The van der Waals surface area contributed by atoms with E-state index in [2.05, 4.69) is 19.1 Å². The van der Waals surface area contributed by atoms with E-state index in [0.29, 0.717) is 6.61 Å². The summed E-state index contributed by atoms with van der Waals surface area (Å²) in [6.07, 6.45) is 12.3. The number of rotatable bonds is 14. The summed E-state index contributed by atoms with van der Waals surface area (Å²) in [7, 11) is 0. The van der Waals surface area contributed by atoms with Crippen LogP contribution in [0.2, 0.25) is 0 Å². The number of hydrogen-bond acceptors (Lipinski definition) is 5. The van der Waals surface area contributed by atoms with Crippen molar-refractivity contribution in [3.8, 4) is 0 Å². The molecule has 1 aliphatic rings. The van der Waals surface area contributed by atoms with Gasteiger partial charge in [0.15, 0.2) is 0 Å². The SMILES string of the molecule is C/C=C/CCCCCCCCCCO[C@H](CO)[C@H]1OC[C@H](O)[C@H]1O. The van der Waals surface area contributed by atoms with Gasteiger partial charge in [0.05, 0.1) is 13.2 Å². The van der Waals surface area contributed by atoms with E-state index in [4.69, 9.17) is 9.47 Å². The Hall–Kier alpha value is -0.460. The van der Waals surface area contributed by atoms with Crippen LogP contribution in [0, 0.1) is 0 Å². The molecule has 0 unspecified atom stereocenters. The van der Waals surface area contributed by atoms with Crippen molar-refractivity contribution in [1.82, 2.24) is 0 Å². The Morgan fingerprint density at radius 3 is 2.21 bits per heavy atom. The second kappa shape index (κ2) is 13.8. The first-order valence-electron chi connectivity index (χ1n) is 9.52.